The van der Waals surface area contributed by atoms with E-state index in [1.165, 1.54) is 18.0 Å². The summed E-state index contributed by atoms with van der Waals surface area (Å²) in [6.07, 6.45) is 2.29. The standard InChI is InChI=1S/C11H16Cl2Si/c12-8-4-5-9-14(13)10-11-6-2-1-3-7-11/h1-3,6-7,14H,4-5,8-10H2. The molecule has 0 nitrogen and oxygen atoms in total. The van der Waals surface area contributed by atoms with E-state index in [0.29, 0.717) is 0 Å². The zero-order valence-electron chi connectivity index (χ0n) is 8.26. The average molecular weight is 247 g/mol. The van der Waals surface area contributed by atoms with Crippen LogP contribution in [0.5, 0.6) is 0 Å². The van der Waals surface area contributed by atoms with Crippen molar-refractivity contribution in [3.63, 3.8) is 0 Å². The van der Waals surface area contributed by atoms with Gasteiger partial charge in [-0.3, -0.25) is 0 Å². The number of rotatable bonds is 6. The molecule has 1 rings (SSSR count). The summed E-state index contributed by atoms with van der Waals surface area (Å²) in [4.78, 5) is 0. The molecule has 0 fully saturated rings. The van der Waals surface area contributed by atoms with E-state index in [4.69, 9.17) is 22.7 Å². The molecule has 14 heavy (non-hydrogen) atoms. The minimum absolute atomic E-state index is 0.767. The van der Waals surface area contributed by atoms with Gasteiger partial charge in [0.25, 0.3) is 0 Å². The van der Waals surface area contributed by atoms with Gasteiger partial charge in [-0.1, -0.05) is 36.8 Å². The average Bonchev–Trinajstić information content (AvgIpc) is 2.20. The summed E-state index contributed by atoms with van der Waals surface area (Å²) in [5, 5.41) is 0. The summed E-state index contributed by atoms with van der Waals surface area (Å²) in [7, 11) is -1.05. The van der Waals surface area contributed by atoms with Crippen LogP contribution in [-0.4, -0.2) is 14.0 Å². The number of alkyl halides is 1. The van der Waals surface area contributed by atoms with Crippen molar-refractivity contribution in [1.82, 2.24) is 0 Å². The molecule has 0 bridgehead atoms. The highest BCUT2D eigenvalue weighted by Gasteiger charge is 2.07. The van der Waals surface area contributed by atoms with Gasteiger partial charge in [0, 0.05) is 5.88 Å². The highest BCUT2D eigenvalue weighted by molar-refractivity contribution is 7.06. The normalized spacial score (nSPS) is 12.7. The molecule has 0 aromatic heterocycles. The fraction of sp³-hybridized carbons (Fsp3) is 0.455. The summed E-state index contributed by atoms with van der Waals surface area (Å²) in [6, 6.07) is 12.8. The minimum Gasteiger partial charge on any atom is -0.171 e. The number of hydrogen-bond acceptors (Lipinski definition) is 0. The maximum atomic E-state index is 6.35. The van der Waals surface area contributed by atoms with Crippen LogP contribution < -0.4 is 0 Å². The van der Waals surface area contributed by atoms with Crippen molar-refractivity contribution >= 4 is 30.8 Å². The summed E-state index contributed by atoms with van der Waals surface area (Å²) in [5.74, 6) is 0.767. The number of benzene rings is 1. The highest BCUT2D eigenvalue weighted by atomic mass is 35.6. The van der Waals surface area contributed by atoms with Crippen LogP contribution in [0.3, 0.4) is 0 Å². The Morgan fingerprint density at radius 2 is 1.79 bits per heavy atom. The van der Waals surface area contributed by atoms with Crippen molar-refractivity contribution in [2.45, 2.75) is 24.9 Å². The Morgan fingerprint density at radius 3 is 2.43 bits per heavy atom. The van der Waals surface area contributed by atoms with Gasteiger partial charge < -0.3 is 0 Å². The second kappa shape index (κ2) is 7.33. The molecular weight excluding hydrogens is 231 g/mol. The first-order valence-electron chi connectivity index (χ1n) is 5.07. The summed E-state index contributed by atoms with van der Waals surface area (Å²) < 4.78 is 0. The Hall–Kier alpha value is 0.0169. The lowest BCUT2D eigenvalue weighted by molar-refractivity contribution is 0.881. The SMILES string of the molecule is ClCCCC[SiH](Cl)Cc1ccccc1. The zero-order chi connectivity index (χ0) is 10.2. The van der Waals surface area contributed by atoms with Crippen LogP contribution in [0.4, 0.5) is 0 Å². The van der Waals surface area contributed by atoms with E-state index in [1.54, 1.807) is 0 Å². The van der Waals surface area contributed by atoms with E-state index in [0.717, 1.165) is 18.3 Å². The first kappa shape index (κ1) is 12.1. The molecule has 78 valence electrons. The third-order valence-electron chi connectivity index (χ3n) is 2.20. The van der Waals surface area contributed by atoms with Crippen LogP contribution in [0.1, 0.15) is 18.4 Å². The van der Waals surface area contributed by atoms with E-state index in [2.05, 4.69) is 24.3 Å². The highest BCUT2D eigenvalue weighted by Crippen LogP contribution is 2.11. The molecule has 1 unspecified atom stereocenters. The summed E-state index contributed by atoms with van der Waals surface area (Å²) >= 11 is 12.0. The molecule has 1 aromatic rings. The molecule has 0 N–H and O–H groups in total. The third-order valence-corrected chi connectivity index (χ3v) is 5.53. The minimum atomic E-state index is -1.05. The van der Waals surface area contributed by atoms with Crippen LogP contribution in [-0.2, 0) is 6.04 Å². The Labute approximate surface area is 97.5 Å². The molecule has 0 aliphatic heterocycles. The van der Waals surface area contributed by atoms with Crippen molar-refractivity contribution in [2.24, 2.45) is 0 Å². The van der Waals surface area contributed by atoms with E-state index in [1.807, 2.05) is 6.07 Å². The van der Waals surface area contributed by atoms with Crippen LogP contribution in [0.25, 0.3) is 0 Å². The Balaban J connectivity index is 2.23. The molecule has 0 radical (unpaired) electrons. The molecule has 3 heteroatoms. The predicted molar refractivity (Wildman–Crippen MR) is 67.9 cm³/mol. The lowest BCUT2D eigenvalue weighted by Crippen LogP contribution is -2.08. The maximum Gasteiger partial charge on any atom is 0.145 e. The molecule has 0 aliphatic carbocycles. The molecule has 0 spiro atoms. The van der Waals surface area contributed by atoms with E-state index in [-0.39, 0.29) is 0 Å². The van der Waals surface area contributed by atoms with E-state index >= 15 is 0 Å². The van der Waals surface area contributed by atoms with E-state index in [9.17, 15) is 0 Å². The van der Waals surface area contributed by atoms with Crippen LogP contribution >= 0.6 is 22.7 Å². The van der Waals surface area contributed by atoms with Gasteiger partial charge >= 0.3 is 0 Å². The molecule has 0 heterocycles. The largest absolute Gasteiger partial charge is 0.171 e. The van der Waals surface area contributed by atoms with Crippen LogP contribution in [0.15, 0.2) is 30.3 Å². The first-order chi connectivity index (χ1) is 6.83. The summed E-state index contributed by atoms with van der Waals surface area (Å²) in [6.45, 7) is 0. The Morgan fingerprint density at radius 1 is 1.07 bits per heavy atom. The third kappa shape index (κ3) is 5.04. The fourth-order valence-electron chi connectivity index (χ4n) is 1.43. The van der Waals surface area contributed by atoms with Gasteiger partial charge in [0.05, 0.1) is 0 Å². The first-order valence-corrected chi connectivity index (χ1v) is 8.98. The number of halogens is 2. The Bertz CT molecular complexity index is 238. The van der Waals surface area contributed by atoms with Gasteiger partial charge in [-0.2, -0.15) is 11.1 Å². The second-order valence-corrected chi connectivity index (χ2v) is 7.88. The topological polar surface area (TPSA) is 0 Å². The molecule has 0 saturated heterocycles. The Kier molecular flexibility index (Phi) is 6.33. The van der Waals surface area contributed by atoms with Gasteiger partial charge in [0.2, 0.25) is 0 Å². The van der Waals surface area contributed by atoms with Crippen LogP contribution in [0, 0.1) is 0 Å². The van der Waals surface area contributed by atoms with E-state index < -0.39 is 8.11 Å². The summed E-state index contributed by atoms with van der Waals surface area (Å²) in [5.41, 5.74) is 1.38. The number of unbranched alkanes of at least 4 members (excludes halogenated alkanes) is 1. The van der Waals surface area contributed by atoms with Gasteiger partial charge in [0.15, 0.2) is 0 Å². The zero-order valence-corrected chi connectivity index (χ0v) is 10.9. The van der Waals surface area contributed by atoms with Gasteiger partial charge in [-0.15, -0.1) is 11.6 Å². The predicted octanol–water partition coefficient (Wildman–Crippen LogP) is 3.75. The van der Waals surface area contributed by atoms with Crippen molar-refractivity contribution < 1.29 is 0 Å². The lowest BCUT2D eigenvalue weighted by Gasteiger charge is -2.06. The number of hydrogen-bond donors (Lipinski definition) is 0. The molecule has 1 aromatic carbocycles. The molecule has 0 amide bonds. The van der Waals surface area contributed by atoms with Crippen molar-refractivity contribution in [3.8, 4) is 0 Å². The molecule has 0 saturated carbocycles. The van der Waals surface area contributed by atoms with Crippen molar-refractivity contribution in [2.75, 3.05) is 5.88 Å². The second-order valence-electron chi connectivity index (χ2n) is 3.47. The molecule has 1 atom stereocenters. The molecular formula is C11H16Cl2Si. The van der Waals surface area contributed by atoms with Gasteiger partial charge in [0.1, 0.15) is 8.11 Å². The lowest BCUT2D eigenvalue weighted by atomic mass is 10.2. The molecule has 0 aliphatic rings. The van der Waals surface area contributed by atoms with Crippen molar-refractivity contribution in [3.05, 3.63) is 35.9 Å². The van der Waals surface area contributed by atoms with Crippen molar-refractivity contribution in [1.29, 1.82) is 0 Å². The fourth-order valence-corrected chi connectivity index (χ4v) is 4.34. The van der Waals surface area contributed by atoms with Gasteiger partial charge in [-0.25, -0.2) is 0 Å². The quantitative estimate of drug-likeness (QED) is 0.311. The monoisotopic (exact) mass is 246 g/mol. The van der Waals surface area contributed by atoms with Crippen LogP contribution in [0.2, 0.25) is 6.04 Å². The smallest absolute Gasteiger partial charge is 0.145 e. The van der Waals surface area contributed by atoms with Gasteiger partial charge in [-0.05, 0) is 24.1 Å². The maximum absolute atomic E-state index is 6.35.